The van der Waals surface area contributed by atoms with Crippen LogP contribution in [0.3, 0.4) is 0 Å². The van der Waals surface area contributed by atoms with Gasteiger partial charge in [0.15, 0.2) is 0 Å². The maximum atomic E-state index is 12.4. The number of piperidine rings is 1. The molecule has 0 aliphatic carbocycles. The number of hydrogen-bond donors (Lipinski definition) is 0. The molecule has 20 heavy (non-hydrogen) atoms. The van der Waals surface area contributed by atoms with Crippen molar-refractivity contribution in [1.82, 2.24) is 15.0 Å². The maximum Gasteiger partial charge on any atom is 0.292 e. The molecule has 110 valence electrons. The molecule has 2 saturated heterocycles. The Balaban J connectivity index is 1.70. The van der Waals surface area contributed by atoms with E-state index in [0.717, 1.165) is 19.6 Å². The average Bonchev–Trinajstić information content (AvgIpc) is 2.95. The zero-order chi connectivity index (χ0) is 14.1. The Morgan fingerprint density at radius 1 is 1.50 bits per heavy atom. The van der Waals surface area contributed by atoms with Gasteiger partial charge in [-0.15, -0.1) is 0 Å². The minimum absolute atomic E-state index is 0.141. The lowest BCUT2D eigenvalue weighted by atomic mass is 9.99. The first kappa shape index (κ1) is 13.4. The average molecular weight is 281 g/mol. The standard InChI is InChI=1S/C13H19N3O4/c1-15-5-6-19-10-3-4-16(8-9(10)15)13(17)11-7-12(18-2)14-20-11/h7,9-10H,3-6,8H2,1-2H3/t9-,10?/m0/s1. The molecule has 0 aromatic carbocycles. The van der Waals surface area contributed by atoms with E-state index >= 15 is 0 Å². The van der Waals surface area contributed by atoms with Gasteiger partial charge >= 0.3 is 0 Å². The number of methoxy groups -OCH3 is 1. The summed E-state index contributed by atoms with van der Waals surface area (Å²) in [5.74, 6) is 0.402. The number of ether oxygens (including phenoxy) is 2. The first-order chi connectivity index (χ1) is 9.69. The van der Waals surface area contributed by atoms with E-state index in [9.17, 15) is 4.79 Å². The Kier molecular flexibility index (Phi) is 3.62. The summed E-state index contributed by atoms with van der Waals surface area (Å²) in [5, 5.41) is 3.67. The number of amides is 1. The Morgan fingerprint density at radius 2 is 2.35 bits per heavy atom. The van der Waals surface area contributed by atoms with Crippen molar-refractivity contribution >= 4 is 5.91 Å². The number of morpholine rings is 1. The van der Waals surface area contributed by atoms with Crippen LogP contribution in [0.5, 0.6) is 5.88 Å². The van der Waals surface area contributed by atoms with Crippen molar-refractivity contribution in [2.45, 2.75) is 18.6 Å². The molecule has 3 heterocycles. The molecule has 0 bridgehead atoms. The summed E-state index contributed by atoms with van der Waals surface area (Å²) < 4.78 is 15.7. The minimum Gasteiger partial charge on any atom is -0.479 e. The molecular formula is C13H19N3O4. The molecule has 3 rings (SSSR count). The highest BCUT2D eigenvalue weighted by atomic mass is 16.5. The lowest BCUT2D eigenvalue weighted by molar-refractivity contribution is -0.0896. The van der Waals surface area contributed by atoms with Crippen LogP contribution in [0.1, 0.15) is 17.0 Å². The lowest BCUT2D eigenvalue weighted by Gasteiger charge is -2.45. The monoisotopic (exact) mass is 281 g/mol. The first-order valence-electron chi connectivity index (χ1n) is 6.81. The fourth-order valence-electron chi connectivity index (χ4n) is 2.84. The Hall–Kier alpha value is -1.60. The van der Waals surface area contributed by atoms with Gasteiger partial charge in [-0.1, -0.05) is 0 Å². The van der Waals surface area contributed by atoms with Crippen molar-refractivity contribution in [1.29, 1.82) is 0 Å². The summed E-state index contributed by atoms with van der Waals surface area (Å²) in [7, 11) is 3.57. The highest BCUT2D eigenvalue weighted by Crippen LogP contribution is 2.23. The van der Waals surface area contributed by atoms with Gasteiger partial charge < -0.3 is 18.9 Å². The second kappa shape index (κ2) is 5.41. The van der Waals surface area contributed by atoms with Gasteiger partial charge in [-0.05, 0) is 18.6 Å². The van der Waals surface area contributed by atoms with E-state index in [0.29, 0.717) is 19.0 Å². The first-order valence-corrected chi connectivity index (χ1v) is 6.81. The normalized spacial score (nSPS) is 27.2. The third kappa shape index (κ3) is 2.38. The molecule has 1 aromatic rings. The molecule has 2 fully saturated rings. The van der Waals surface area contributed by atoms with Gasteiger partial charge in [-0.3, -0.25) is 9.69 Å². The number of carbonyl (C=O) groups is 1. The highest BCUT2D eigenvalue weighted by molar-refractivity contribution is 5.91. The van der Waals surface area contributed by atoms with E-state index in [1.54, 1.807) is 4.90 Å². The molecular weight excluding hydrogens is 262 g/mol. The quantitative estimate of drug-likeness (QED) is 0.773. The molecule has 2 aliphatic rings. The van der Waals surface area contributed by atoms with Crippen molar-refractivity contribution in [3.05, 3.63) is 11.8 Å². The molecule has 7 heteroatoms. The second-order valence-electron chi connectivity index (χ2n) is 5.23. The molecule has 2 atom stereocenters. The van der Waals surface area contributed by atoms with Gasteiger partial charge in [-0.2, -0.15) is 0 Å². The van der Waals surface area contributed by atoms with Crippen molar-refractivity contribution in [2.75, 3.05) is 40.4 Å². The number of likely N-dealkylation sites (N-methyl/N-ethyl adjacent to an activating group) is 1. The number of aromatic nitrogens is 1. The number of hydrogen-bond acceptors (Lipinski definition) is 6. The van der Waals surface area contributed by atoms with Crippen LogP contribution in [0.15, 0.2) is 10.6 Å². The van der Waals surface area contributed by atoms with Gasteiger partial charge in [0.25, 0.3) is 11.8 Å². The number of nitrogens with zero attached hydrogens (tertiary/aromatic N) is 3. The van der Waals surface area contributed by atoms with Gasteiger partial charge in [-0.25, -0.2) is 0 Å². The van der Waals surface area contributed by atoms with Gasteiger partial charge in [0, 0.05) is 19.6 Å². The molecule has 1 aromatic heterocycles. The molecule has 2 aliphatic heterocycles. The van der Waals surface area contributed by atoms with Crippen LogP contribution in [0, 0.1) is 0 Å². The third-order valence-electron chi connectivity index (χ3n) is 4.06. The number of rotatable bonds is 2. The van der Waals surface area contributed by atoms with Crippen LogP contribution in [-0.2, 0) is 4.74 Å². The van der Waals surface area contributed by atoms with Crippen molar-refractivity contribution < 1.29 is 18.8 Å². The molecule has 1 unspecified atom stereocenters. The second-order valence-corrected chi connectivity index (χ2v) is 5.23. The third-order valence-corrected chi connectivity index (χ3v) is 4.06. The summed E-state index contributed by atoms with van der Waals surface area (Å²) in [6, 6.07) is 1.78. The number of likely N-dealkylation sites (tertiary alicyclic amines) is 1. The maximum absolute atomic E-state index is 12.4. The van der Waals surface area contributed by atoms with E-state index in [1.807, 2.05) is 0 Å². The Morgan fingerprint density at radius 3 is 3.10 bits per heavy atom. The van der Waals surface area contributed by atoms with Crippen LogP contribution in [0.25, 0.3) is 0 Å². The van der Waals surface area contributed by atoms with E-state index in [2.05, 4.69) is 17.1 Å². The molecule has 1 amide bonds. The minimum atomic E-state index is -0.141. The van der Waals surface area contributed by atoms with Crippen LogP contribution < -0.4 is 4.74 Å². The summed E-state index contributed by atoms with van der Waals surface area (Å²) in [6.45, 7) is 3.00. The molecule has 0 N–H and O–H groups in total. The predicted octanol–water partition coefficient (Wildman–Crippen LogP) is 0.228. The Bertz CT molecular complexity index is 490. The predicted molar refractivity (Wildman–Crippen MR) is 69.7 cm³/mol. The number of carbonyl (C=O) groups excluding carboxylic acids is 1. The van der Waals surface area contributed by atoms with E-state index in [4.69, 9.17) is 14.0 Å². The summed E-state index contributed by atoms with van der Waals surface area (Å²) >= 11 is 0. The molecule has 7 nitrogen and oxygen atoms in total. The number of fused-ring (bicyclic) bond motifs is 1. The van der Waals surface area contributed by atoms with E-state index in [-0.39, 0.29) is 23.8 Å². The smallest absolute Gasteiger partial charge is 0.292 e. The fraction of sp³-hybridized carbons (Fsp3) is 0.692. The highest BCUT2D eigenvalue weighted by Gasteiger charge is 2.37. The van der Waals surface area contributed by atoms with Crippen molar-refractivity contribution in [3.63, 3.8) is 0 Å². The largest absolute Gasteiger partial charge is 0.479 e. The van der Waals surface area contributed by atoms with Gasteiger partial charge in [0.05, 0.1) is 31.9 Å². The van der Waals surface area contributed by atoms with Crippen LogP contribution in [0.2, 0.25) is 0 Å². The summed E-state index contributed by atoms with van der Waals surface area (Å²) in [4.78, 5) is 16.4. The fourth-order valence-corrected chi connectivity index (χ4v) is 2.84. The summed E-state index contributed by atoms with van der Waals surface area (Å²) in [6.07, 6.45) is 1.08. The van der Waals surface area contributed by atoms with Crippen LogP contribution in [0.4, 0.5) is 0 Å². The lowest BCUT2D eigenvalue weighted by Crippen LogP contribution is -2.59. The van der Waals surface area contributed by atoms with Crippen molar-refractivity contribution in [3.8, 4) is 5.88 Å². The zero-order valence-electron chi connectivity index (χ0n) is 11.7. The topological polar surface area (TPSA) is 68.0 Å². The van der Waals surface area contributed by atoms with Crippen LogP contribution >= 0.6 is 0 Å². The van der Waals surface area contributed by atoms with Crippen molar-refractivity contribution in [2.24, 2.45) is 0 Å². The van der Waals surface area contributed by atoms with E-state index in [1.165, 1.54) is 13.2 Å². The van der Waals surface area contributed by atoms with E-state index < -0.39 is 0 Å². The van der Waals surface area contributed by atoms with Gasteiger partial charge in [0.2, 0.25) is 5.76 Å². The van der Waals surface area contributed by atoms with Gasteiger partial charge in [0.1, 0.15) is 0 Å². The van der Waals surface area contributed by atoms with Crippen LogP contribution in [-0.4, -0.2) is 73.4 Å². The summed E-state index contributed by atoms with van der Waals surface area (Å²) in [5.41, 5.74) is 0. The Labute approximate surface area is 117 Å². The SMILES string of the molecule is COc1cc(C(=O)N2CCC3OCCN(C)[C@H]3C2)on1. The zero-order valence-corrected chi connectivity index (χ0v) is 11.7. The molecule has 0 radical (unpaired) electrons. The molecule has 0 saturated carbocycles. The molecule has 0 spiro atoms.